The van der Waals surface area contributed by atoms with E-state index in [1.807, 2.05) is 36.4 Å². The topological polar surface area (TPSA) is 91.4 Å². The van der Waals surface area contributed by atoms with Crippen LogP contribution in [-0.2, 0) is 16.9 Å². The minimum Gasteiger partial charge on any atom is -0.331 e. The van der Waals surface area contributed by atoms with Crippen molar-refractivity contribution in [1.82, 2.24) is 20.5 Å². The van der Waals surface area contributed by atoms with Crippen LogP contribution in [0.4, 0.5) is 9.18 Å². The highest BCUT2D eigenvalue weighted by Gasteiger charge is 2.50. The molecule has 1 saturated heterocycles. The number of hydrogen-bond acceptors (Lipinski definition) is 5. The Morgan fingerprint density at radius 2 is 1.82 bits per heavy atom. The number of fused-ring (bicyclic) bond motifs is 2. The zero-order chi connectivity index (χ0) is 23.4. The molecule has 2 N–H and O–H groups in total. The number of imide groups is 1. The molecule has 2 aliphatic rings. The molecule has 7 nitrogen and oxygen atoms in total. The minimum absolute atomic E-state index is 0.0831. The zero-order valence-corrected chi connectivity index (χ0v) is 18.5. The largest absolute Gasteiger partial charge is 0.331 e. The molecule has 4 amide bonds. The van der Waals surface area contributed by atoms with Crippen molar-refractivity contribution in [3.05, 3.63) is 89.2 Å². The summed E-state index contributed by atoms with van der Waals surface area (Å²) in [5.41, 5.74) is 1.82. The molecule has 1 aromatic heterocycles. The van der Waals surface area contributed by atoms with E-state index in [1.54, 1.807) is 29.5 Å². The Morgan fingerprint density at radius 1 is 1.03 bits per heavy atom. The van der Waals surface area contributed by atoms with E-state index in [0.717, 1.165) is 20.8 Å². The number of thiazole rings is 1. The molecule has 0 aliphatic carbocycles. The number of rotatable bonds is 4. The number of benzene rings is 3. The number of para-hydroxylation sites is 1. The summed E-state index contributed by atoms with van der Waals surface area (Å²) in [7, 11) is 0. The van der Waals surface area contributed by atoms with Crippen molar-refractivity contribution in [2.45, 2.75) is 12.1 Å². The number of amides is 4. The average molecular weight is 473 g/mol. The first-order valence-electron chi connectivity index (χ1n) is 10.6. The summed E-state index contributed by atoms with van der Waals surface area (Å²) in [5, 5.41) is 5.85. The number of carbonyl (C=O) groups excluding carboxylic acids is 3. The number of nitrogens with zero attached hydrogens (tertiary/aromatic N) is 2. The predicted molar refractivity (Wildman–Crippen MR) is 125 cm³/mol. The van der Waals surface area contributed by atoms with Gasteiger partial charge in [0, 0.05) is 17.7 Å². The number of aromatic nitrogens is 1. The second-order valence-electron chi connectivity index (χ2n) is 8.34. The molecule has 3 heterocycles. The lowest BCUT2D eigenvalue weighted by atomic mass is 9.88. The Bertz CT molecular complexity index is 1470. The van der Waals surface area contributed by atoms with Crippen LogP contribution in [0.2, 0.25) is 0 Å². The van der Waals surface area contributed by atoms with Gasteiger partial charge in [0.15, 0.2) is 5.54 Å². The van der Waals surface area contributed by atoms with E-state index < -0.39 is 23.3 Å². The van der Waals surface area contributed by atoms with Crippen LogP contribution in [0.5, 0.6) is 0 Å². The summed E-state index contributed by atoms with van der Waals surface area (Å²) < 4.78 is 14.7. The van der Waals surface area contributed by atoms with Crippen molar-refractivity contribution >= 4 is 39.4 Å². The van der Waals surface area contributed by atoms with Crippen LogP contribution >= 0.6 is 11.3 Å². The van der Waals surface area contributed by atoms with Crippen LogP contribution < -0.4 is 10.6 Å². The van der Waals surface area contributed by atoms with Crippen molar-refractivity contribution in [2.75, 3.05) is 6.54 Å². The molecule has 0 bridgehead atoms. The molecular weight excluding hydrogens is 455 g/mol. The molecule has 0 spiro atoms. The van der Waals surface area contributed by atoms with E-state index in [1.165, 1.54) is 17.0 Å². The minimum atomic E-state index is -1.46. The average Bonchev–Trinajstić information content (AvgIpc) is 3.48. The van der Waals surface area contributed by atoms with Gasteiger partial charge in [-0.1, -0.05) is 42.5 Å². The molecule has 9 heteroatoms. The molecule has 0 radical (unpaired) electrons. The monoisotopic (exact) mass is 472 g/mol. The van der Waals surface area contributed by atoms with Gasteiger partial charge in [0.25, 0.3) is 11.8 Å². The lowest BCUT2D eigenvalue weighted by Gasteiger charge is -2.31. The molecule has 4 aromatic rings. The van der Waals surface area contributed by atoms with Crippen LogP contribution in [0.15, 0.2) is 66.7 Å². The summed E-state index contributed by atoms with van der Waals surface area (Å²) >= 11 is 1.57. The summed E-state index contributed by atoms with van der Waals surface area (Å²) in [4.78, 5) is 44.2. The molecule has 0 saturated carbocycles. The lowest BCUT2D eigenvalue weighted by Crippen LogP contribution is -2.52. The third-order valence-corrected chi connectivity index (χ3v) is 7.32. The summed E-state index contributed by atoms with van der Waals surface area (Å²) in [6.45, 7) is 0.142. The van der Waals surface area contributed by atoms with Crippen LogP contribution in [-0.4, -0.2) is 34.3 Å². The van der Waals surface area contributed by atoms with Gasteiger partial charge >= 0.3 is 6.03 Å². The fraction of sp³-hybridized carbons (Fsp3) is 0.120. The maximum atomic E-state index is 13.7. The maximum absolute atomic E-state index is 13.7. The second kappa shape index (κ2) is 7.46. The smallest absolute Gasteiger partial charge is 0.322 e. The van der Waals surface area contributed by atoms with Gasteiger partial charge in [-0.3, -0.25) is 14.9 Å². The zero-order valence-electron chi connectivity index (χ0n) is 17.7. The molecule has 0 unspecified atom stereocenters. The number of halogens is 1. The highest BCUT2D eigenvalue weighted by molar-refractivity contribution is 7.21. The second-order valence-corrected chi connectivity index (χ2v) is 9.37. The van der Waals surface area contributed by atoms with E-state index in [4.69, 9.17) is 0 Å². The molecule has 2 aliphatic heterocycles. The highest BCUT2D eigenvalue weighted by Crippen LogP contribution is 2.34. The van der Waals surface area contributed by atoms with Gasteiger partial charge in [-0.15, -0.1) is 11.3 Å². The number of carbonyl (C=O) groups is 3. The number of urea groups is 1. The third-order valence-electron chi connectivity index (χ3n) is 6.24. The highest BCUT2D eigenvalue weighted by atomic mass is 32.1. The van der Waals surface area contributed by atoms with Gasteiger partial charge in [0.2, 0.25) is 0 Å². The van der Waals surface area contributed by atoms with Gasteiger partial charge in [-0.25, -0.2) is 14.2 Å². The summed E-state index contributed by atoms with van der Waals surface area (Å²) in [5.74, 6) is -1.42. The Balaban J connectivity index is 1.34. The fourth-order valence-electron chi connectivity index (χ4n) is 4.54. The van der Waals surface area contributed by atoms with Crippen LogP contribution in [0.25, 0.3) is 20.8 Å². The summed E-state index contributed by atoms with van der Waals surface area (Å²) in [6.07, 6.45) is 0. The Hall–Kier alpha value is -4.11. The molecule has 1 atom stereocenters. The standard InChI is InChI=1S/C25H17FN4O3S/c26-17-10-7-15-12-30(22(31)18(15)11-17)13-25(23(32)28-24(33)29-25)16-8-5-14(6-9-16)21-27-19-3-1-2-4-20(19)34-21/h1-11H,12-13H2,(H2,28,29,32,33)/t25-/m0/s1. The van der Waals surface area contributed by atoms with Gasteiger partial charge in [-0.2, -0.15) is 0 Å². The van der Waals surface area contributed by atoms with E-state index in [9.17, 15) is 18.8 Å². The Kier molecular flexibility index (Phi) is 4.50. The van der Waals surface area contributed by atoms with Crippen molar-refractivity contribution in [1.29, 1.82) is 0 Å². The quantitative estimate of drug-likeness (QED) is 0.442. The SMILES string of the molecule is O=C1NC(=O)[C@](CN2Cc3ccc(F)cc3C2=O)(c2ccc(-c3nc4ccccc4s3)cc2)N1. The molecule has 3 aromatic carbocycles. The molecule has 34 heavy (non-hydrogen) atoms. The van der Waals surface area contributed by atoms with E-state index in [-0.39, 0.29) is 24.6 Å². The van der Waals surface area contributed by atoms with Crippen LogP contribution in [0, 0.1) is 5.82 Å². The first-order chi connectivity index (χ1) is 16.4. The van der Waals surface area contributed by atoms with E-state index in [2.05, 4.69) is 15.6 Å². The number of nitrogens with one attached hydrogen (secondary N) is 2. The third kappa shape index (κ3) is 3.16. The van der Waals surface area contributed by atoms with Gasteiger partial charge in [0.05, 0.1) is 16.8 Å². The normalized spacial score (nSPS) is 19.4. The van der Waals surface area contributed by atoms with Crippen LogP contribution in [0.3, 0.4) is 0 Å². The molecule has 1 fully saturated rings. The van der Waals surface area contributed by atoms with Crippen molar-refractivity contribution < 1.29 is 18.8 Å². The first-order valence-corrected chi connectivity index (χ1v) is 11.4. The number of hydrogen-bond donors (Lipinski definition) is 2. The predicted octanol–water partition coefficient (Wildman–Crippen LogP) is 3.79. The van der Waals surface area contributed by atoms with Gasteiger partial charge in [0.1, 0.15) is 10.8 Å². The molecular formula is C25H17FN4O3S. The van der Waals surface area contributed by atoms with Crippen molar-refractivity contribution in [2.24, 2.45) is 0 Å². The fourth-order valence-corrected chi connectivity index (χ4v) is 5.51. The molecule has 168 valence electrons. The summed E-state index contributed by atoms with van der Waals surface area (Å²) in [6, 6.07) is 18.5. The maximum Gasteiger partial charge on any atom is 0.322 e. The first kappa shape index (κ1) is 20.5. The van der Waals surface area contributed by atoms with Crippen molar-refractivity contribution in [3.63, 3.8) is 0 Å². The van der Waals surface area contributed by atoms with E-state index >= 15 is 0 Å². The van der Waals surface area contributed by atoms with Crippen LogP contribution in [0.1, 0.15) is 21.5 Å². The van der Waals surface area contributed by atoms with E-state index in [0.29, 0.717) is 11.1 Å². The lowest BCUT2D eigenvalue weighted by molar-refractivity contribution is -0.124. The van der Waals surface area contributed by atoms with Gasteiger partial charge in [-0.05, 0) is 35.4 Å². The van der Waals surface area contributed by atoms with Gasteiger partial charge < -0.3 is 10.2 Å². The van der Waals surface area contributed by atoms with Crippen molar-refractivity contribution in [3.8, 4) is 10.6 Å². The Labute approximate surface area is 197 Å². The Morgan fingerprint density at radius 3 is 2.56 bits per heavy atom. The molecule has 6 rings (SSSR count).